The predicted octanol–water partition coefficient (Wildman–Crippen LogP) is 4.88. The number of nitrogens with one attached hydrogen (secondary N) is 2. The van der Waals surface area contributed by atoms with Crippen LogP contribution in [0.5, 0.6) is 5.75 Å². The number of anilines is 2. The second-order valence-corrected chi connectivity index (χ2v) is 8.27. The molecule has 0 aromatic heterocycles. The Balaban J connectivity index is 1.73. The zero-order valence-corrected chi connectivity index (χ0v) is 18.0. The van der Waals surface area contributed by atoms with E-state index in [9.17, 15) is 4.79 Å². The number of hydrogen-bond donors (Lipinski definition) is 2. The summed E-state index contributed by atoms with van der Waals surface area (Å²) in [6.45, 7) is 8.89. The molecule has 0 unspecified atom stereocenters. The molecule has 6 heteroatoms. The lowest BCUT2D eigenvalue weighted by molar-refractivity contribution is 0.252. The Morgan fingerprint density at radius 3 is 2.76 bits per heavy atom. The van der Waals surface area contributed by atoms with Crippen LogP contribution in [-0.4, -0.2) is 31.9 Å². The monoisotopic (exact) mass is 394 g/mol. The zero-order chi connectivity index (χ0) is 21.2. The van der Waals surface area contributed by atoms with E-state index in [2.05, 4.69) is 67.6 Å². The molecular weight excluding hydrogens is 364 g/mol. The van der Waals surface area contributed by atoms with Crippen LogP contribution in [0.15, 0.2) is 41.5 Å². The van der Waals surface area contributed by atoms with E-state index in [0.29, 0.717) is 17.4 Å². The fourth-order valence-corrected chi connectivity index (χ4v) is 3.93. The summed E-state index contributed by atoms with van der Waals surface area (Å²) in [5, 5.41) is 6.87. The van der Waals surface area contributed by atoms with Crippen molar-refractivity contribution in [3.63, 3.8) is 0 Å². The van der Waals surface area contributed by atoms with Crippen molar-refractivity contribution in [2.75, 3.05) is 24.4 Å². The third kappa shape index (κ3) is 4.36. The Hall–Kier alpha value is -3.02. The summed E-state index contributed by atoms with van der Waals surface area (Å²) < 4.78 is 5.24. The van der Waals surface area contributed by atoms with E-state index in [1.54, 1.807) is 25.5 Å². The fourth-order valence-electron chi connectivity index (χ4n) is 3.93. The molecule has 0 spiro atoms. The van der Waals surface area contributed by atoms with Crippen molar-refractivity contribution in [2.24, 2.45) is 5.10 Å². The van der Waals surface area contributed by atoms with E-state index in [0.717, 1.165) is 17.5 Å². The molecule has 0 radical (unpaired) electrons. The second-order valence-electron chi connectivity index (χ2n) is 8.27. The van der Waals surface area contributed by atoms with Crippen LogP contribution in [-0.2, 0) is 0 Å². The van der Waals surface area contributed by atoms with Gasteiger partial charge in [-0.1, -0.05) is 19.1 Å². The van der Waals surface area contributed by atoms with Crippen LogP contribution in [0.25, 0.3) is 0 Å². The number of aryl methyl sites for hydroxylation is 1. The summed E-state index contributed by atoms with van der Waals surface area (Å²) >= 11 is 0. The molecule has 0 bridgehead atoms. The number of carbonyl (C=O) groups excluding carboxylic acids is 1. The van der Waals surface area contributed by atoms with E-state index in [1.807, 2.05) is 12.1 Å². The lowest BCUT2D eigenvalue weighted by Crippen LogP contribution is -2.45. The number of benzene rings is 2. The van der Waals surface area contributed by atoms with Gasteiger partial charge >= 0.3 is 6.03 Å². The molecule has 29 heavy (non-hydrogen) atoms. The summed E-state index contributed by atoms with van der Waals surface area (Å²) in [5.41, 5.74) is 7.95. The summed E-state index contributed by atoms with van der Waals surface area (Å²) in [5.74, 6) is 1.06. The highest BCUT2D eigenvalue weighted by molar-refractivity contribution is 5.92. The molecule has 2 aromatic carbocycles. The maximum absolute atomic E-state index is 12.2. The van der Waals surface area contributed by atoms with Crippen molar-refractivity contribution in [2.45, 2.75) is 45.6 Å². The first kappa shape index (κ1) is 20.7. The van der Waals surface area contributed by atoms with E-state index >= 15 is 0 Å². The molecular formula is C23H30N4O2. The van der Waals surface area contributed by atoms with E-state index in [4.69, 9.17) is 4.74 Å². The third-order valence-electron chi connectivity index (χ3n) is 5.75. The molecule has 0 fully saturated rings. The number of hydrogen-bond acceptors (Lipinski definition) is 4. The van der Waals surface area contributed by atoms with Gasteiger partial charge in [0, 0.05) is 18.3 Å². The van der Waals surface area contributed by atoms with Crippen LogP contribution in [0.1, 0.15) is 49.8 Å². The summed E-state index contributed by atoms with van der Waals surface area (Å²) in [7, 11) is 3.72. The molecule has 154 valence electrons. The Kier molecular flexibility index (Phi) is 5.82. The van der Waals surface area contributed by atoms with Gasteiger partial charge in [0.05, 0.1) is 19.0 Å². The quantitative estimate of drug-likeness (QED) is 0.574. The van der Waals surface area contributed by atoms with Crippen molar-refractivity contribution in [1.29, 1.82) is 0 Å². The minimum atomic E-state index is -0.420. The van der Waals surface area contributed by atoms with Gasteiger partial charge in [0.1, 0.15) is 5.75 Å². The third-order valence-corrected chi connectivity index (χ3v) is 5.75. The van der Waals surface area contributed by atoms with Crippen molar-refractivity contribution in [1.82, 2.24) is 5.43 Å². The molecule has 2 aromatic rings. The summed E-state index contributed by atoms with van der Waals surface area (Å²) in [6, 6.07) is 11.2. The molecule has 1 heterocycles. The van der Waals surface area contributed by atoms with Gasteiger partial charge in [0.2, 0.25) is 0 Å². The van der Waals surface area contributed by atoms with Crippen LogP contribution in [0.4, 0.5) is 16.2 Å². The van der Waals surface area contributed by atoms with Gasteiger partial charge < -0.3 is 15.0 Å². The van der Waals surface area contributed by atoms with Crippen LogP contribution in [0.3, 0.4) is 0 Å². The highest BCUT2D eigenvalue weighted by Gasteiger charge is 2.34. The van der Waals surface area contributed by atoms with Gasteiger partial charge in [-0.15, -0.1) is 0 Å². The van der Waals surface area contributed by atoms with Crippen LogP contribution in [0, 0.1) is 6.92 Å². The van der Waals surface area contributed by atoms with E-state index in [1.165, 1.54) is 11.3 Å². The van der Waals surface area contributed by atoms with E-state index in [-0.39, 0.29) is 5.54 Å². The van der Waals surface area contributed by atoms with Gasteiger partial charge in [-0.3, -0.25) is 0 Å². The standard InChI is InChI=1S/C23H30N4O2/c1-15-11-20-18(16(2)13-23(3,4)27(20)5)12-17(15)14-24-26-22(28)25-19-9-7-8-10-21(19)29-6/h7-12,14,16H,13H2,1-6H3,(H2,25,26,28)/b24-14+/t16-/m0/s1. The lowest BCUT2D eigenvalue weighted by Gasteiger charge is -2.45. The average molecular weight is 395 g/mol. The van der Waals surface area contributed by atoms with Crippen molar-refractivity contribution >= 4 is 23.6 Å². The molecule has 1 aliphatic heterocycles. The number of urea groups is 1. The maximum Gasteiger partial charge on any atom is 0.339 e. The molecule has 0 aliphatic carbocycles. The average Bonchev–Trinajstić information content (AvgIpc) is 2.67. The number of rotatable bonds is 4. The number of ether oxygens (including phenoxy) is 1. The van der Waals surface area contributed by atoms with Gasteiger partial charge in [0.25, 0.3) is 0 Å². The predicted molar refractivity (Wildman–Crippen MR) is 119 cm³/mol. The number of nitrogens with zero attached hydrogens (tertiary/aromatic N) is 2. The van der Waals surface area contributed by atoms with Crippen molar-refractivity contribution in [3.8, 4) is 5.75 Å². The minimum Gasteiger partial charge on any atom is -0.495 e. The largest absolute Gasteiger partial charge is 0.495 e. The smallest absolute Gasteiger partial charge is 0.339 e. The van der Waals surface area contributed by atoms with Crippen LogP contribution >= 0.6 is 0 Å². The Bertz CT molecular complexity index is 936. The van der Waals surface area contributed by atoms with Crippen LogP contribution in [0.2, 0.25) is 0 Å². The van der Waals surface area contributed by atoms with Gasteiger partial charge in [-0.2, -0.15) is 5.10 Å². The molecule has 1 atom stereocenters. The summed E-state index contributed by atoms with van der Waals surface area (Å²) in [4.78, 5) is 14.5. The number of para-hydroxylation sites is 2. The molecule has 6 nitrogen and oxygen atoms in total. The Morgan fingerprint density at radius 2 is 2.03 bits per heavy atom. The molecule has 1 aliphatic rings. The molecule has 2 N–H and O–H groups in total. The number of hydrazone groups is 1. The number of amides is 2. The first-order valence-corrected chi connectivity index (χ1v) is 9.84. The molecule has 0 saturated carbocycles. The topological polar surface area (TPSA) is 66.0 Å². The minimum absolute atomic E-state index is 0.132. The summed E-state index contributed by atoms with van der Waals surface area (Å²) in [6.07, 6.45) is 2.79. The molecule has 0 saturated heterocycles. The first-order chi connectivity index (χ1) is 13.7. The molecule has 2 amide bonds. The highest BCUT2D eigenvalue weighted by Crippen LogP contribution is 2.43. The molecule has 3 rings (SSSR count). The zero-order valence-electron chi connectivity index (χ0n) is 18.0. The van der Waals surface area contributed by atoms with Crippen LogP contribution < -0.4 is 20.4 Å². The lowest BCUT2D eigenvalue weighted by atomic mass is 9.79. The van der Waals surface area contributed by atoms with Crippen molar-refractivity contribution < 1.29 is 9.53 Å². The number of fused-ring (bicyclic) bond motifs is 1. The second kappa shape index (κ2) is 8.15. The number of methoxy groups -OCH3 is 1. The van der Waals surface area contributed by atoms with E-state index < -0.39 is 6.03 Å². The Morgan fingerprint density at radius 1 is 1.31 bits per heavy atom. The fraction of sp³-hybridized carbons (Fsp3) is 0.391. The number of carbonyl (C=O) groups is 1. The Labute approximate surface area is 172 Å². The van der Waals surface area contributed by atoms with Crippen molar-refractivity contribution in [3.05, 3.63) is 53.1 Å². The van der Waals surface area contributed by atoms with Gasteiger partial charge in [-0.05, 0) is 74.1 Å². The maximum atomic E-state index is 12.2. The SMILES string of the molecule is COc1ccccc1NC(=O)N/N=C/c1cc2c(cc1C)N(C)C(C)(C)C[C@@H]2C. The highest BCUT2D eigenvalue weighted by atomic mass is 16.5. The normalized spacial score (nSPS) is 17.7. The van der Waals surface area contributed by atoms with Gasteiger partial charge in [-0.25, -0.2) is 10.2 Å². The first-order valence-electron chi connectivity index (χ1n) is 9.84. The van der Waals surface area contributed by atoms with Gasteiger partial charge in [0.15, 0.2) is 0 Å².